The maximum absolute atomic E-state index is 14.4. The van der Waals surface area contributed by atoms with Crippen molar-refractivity contribution in [2.75, 3.05) is 16.8 Å². The number of fused-ring (bicyclic) bond motifs is 1. The number of amides is 2. The minimum absolute atomic E-state index is 0.00214. The van der Waals surface area contributed by atoms with Gasteiger partial charge in [0.05, 0.1) is 12.6 Å². The van der Waals surface area contributed by atoms with E-state index in [4.69, 9.17) is 11.6 Å². The van der Waals surface area contributed by atoms with Gasteiger partial charge in [-0.2, -0.15) is 5.10 Å². The molecule has 0 spiro atoms. The number of halogens is 4. The van der Waals surface area contributed by atoms with Crippen LogP contribution in [0.1, 0.15) is 30.9 Å². The number of carbonyl (C=O) groups excluding carboxylic acids is 1. The van der Waals surface area contributed by atoms with Gasteiger partial charge in [0.15, 0.2) is 10.8 Å². The lowest BCUT2D eigenvalue weighted by Gasteiger charge is -2.26. The Morgan fingerprint density at radius 2 is 2.03 bits per heavy atom. The Kier molecular flexibility index (Phi) is 4.88. The maximum atomic E-state index is 14.4. The molecule has 5 rings (SSSR count). The second-order valence-electron chi connectivity index (χ2n) is 7.76. The highest BCUT2D eigenvalue weighted by molar-refractivity contribution is 6.33. The fourth-order valence-corrected chi connectivity index (χ4v) is 4.04. The van der Waals surface area contributed by atoms with Crippen molar-refractivity contribution in [3.63, 3.8) is 0 Å². The van der Waals surface area contributed by atoms with Crippen molar-refractivity contribution in [1.82, 2.24) is 19.9 Å². The van der Waals surface area contributed by atoms with Crippen molar-refractivity contribution in [3.05, 3.63) is 52.8 Å². The summed E-state index contributed by atoms with van der Waals surface area (Å²) in [5.41, 5.74) is 0.538. The standard InChI is InChI=1S/C20H18ClF3N6O/c21-18-17(27-20(31)25-12-2-3-12)19-26-16(5-6-30(19)28-18)29-9-11(23)8-15(29)13-7-10(22)1-4-14(13)24/h1,4-7,11-12,15H,2-3,8-9H2,(H2,25,27,31)/t11-,15+/m0/s1. The van der Waals surface area contributed by atoms with E-state index >= 15 is 0 Å². The third kappa shape index (κ3) is 3.87. The molecular weight excluding hydrogens is 433 g/mol. The Bertz CT molecular complexity index is 1170. The topological polar surface area (TPSA) is 74.6 Å². The molecule has 31 heavy (non-hydrogen) atoms. The number of urea groups is 1. The van der Waals surface area contributed by atoms with E-state index in [1.807, 2.05) is 0 Å². The van der Waals surface area contributed by atoms with E-state index in [0.717, 1.165) is 31.0 Å². The van der Waals surface area contributed by atoms with Gasteiger partial charge in [-0.25, -0.2) is 27.5 Å². The molecule has 1 aliphatic carbocycles. The molecule has 1 saturated heterocycles. The summed E-state index contributed by atoms with van der Waals surface area (Å²) in [6.07, 6.45) is 2.19. The van der Waals surface area contributed by atoms with Gasteiger partial charge in [-0.05, 0) is 37.1 Å². The zero-order valence-corrected chi connectivity index (χ0v) is 16.9. The van der Waals surface area contributed by atoms with E-state index in [1.165, 1.54) is 4.52 Å². The summed E-state index contributed by atoms with van der Waals surface area (Å²) in [6.45, 7) is -0.0312. The number of anilines is 2. The number of aromatic nitrogens is 3. The third-order valence-electron chi connectivity index (χ3n) is 5.44. The van der Waals surface area contributed by atoms with Gasteiger partial charge in [0.25, 0.3) is 0 Å². The third-order valence-corrected chi connectivity index (χ3v) is 5.70. The second kappa shape index (κ2) is 7.60. The van der Waals surface area contributed by atoms with Crippen molar-refractivity contribution in [2.24, 2.45) is 0 Å². The molecule has 2 N–H and O–H groups in total. The summed E-state index contributed by atoms with van der Waals surface area (Å²) in [7, 11) is 0. The zero-order valence-electron chi connectivity index (χ0n) is 16.2. The molecule has 1 saturated carbocycles. The molecule has 1 aliphatic heterocycles. The molecule has 3 heterocycles. The van der Waals surface area contributed by atoms with Crippen LogP contribution in [0.3, 0.4) is 0 Å². The van der Waals surface area contributed by atoms with Crippen LogP contribution in [0.4, 0.5) is 29.5 Å². The summed E-state index contributed by atoms with van der Waals surface area (Å²) in [5.74, 6) is -0.876. The van der Waals surface area contributed by atoms with Crippen molar-refractivity contribution < 1.29 is 18.0 Å². The molecule has 0 radical (unpaired) electrons. The van der Waals surface area contributed by atoms with Gasteiger partial charge in [0.2, 0.25) is 0 Å². The largest absolute Gasteiger partial charge is 0.346 e. The number of hydrogen-bond acceptors (Lipinski definition) is 4. The molecule has 162 valence electrons. The summed E-state index contributed by atoms with van der Waals surface area (Å²) in [4.78, 5) is 18.3. The first-order valence-corrected chi connectivity index (χ1v) is 10.2. The number of alkyl halides is 1. The van der Waals surface area contributed by atoms with E-state index in [-0.39, 0.29) is 41.1 Å². The lowest BCUT2D eigenvalue weighted by Crippen LogP contribution is -2.30. The van der Waals surface area contributed by atoms with Crippen molar-refractivity contribution in [2.45, 2.75) is 37.5 Å². The predicted molar refractivity (Wildman–Crippen MR) is 109 cm³/mol. The van der Waals surface area contributed by atoms with Crippen LogP contribution in [0.5, 0.6) is 0 Å². The Morgan fingerprint density at radius 1 is 1.23 bits per heavy atom. The number of rotatable bonds is 4. The Morgan fingerprint density at radius 3 is 2.81 bits per heavy atom. The van der Waals surface area contributed by atoms with E-state index in [0.29, 0.717) is 5.82 Å². The van der Waals surface area contributed by atoms with E-state index < -0.39 is 29.9 Å². The summed E-state index contributed by atoms with van der Waals surface area (Å²) >= 11 is 6.18. The van der Waals surface area contributed by atoms with Gasteiger partial charge in [0, 0.05) is 24.2 Å². The highest BCUT2D eigenvalue weighted by Gasteiger charge is 2.36. The lowest BCUT2D eigenvalue weighted by atomic mass is 10.0. The van der Waals surface area contributed by atoms with Gasteiger partial charge < -0.3 is 15.5 Å². The van der Waals surface area contributed by atoms with Crippen LogP contribution in [-0.2, 0) is 0 Å². The number of nitrogens with zero attached hydrogens (tertiary/aromatic N) is 4. The first-order chi connectivity index (χ1) is 14.9. The molecule has 2 aliphatic rings. The molecule has 0 unspecified atom stereocenters. The van der Waals surface area contributed by atoms with Crippen LogP contribution < -0.4 is 15.5 Å². The predicted octanol–water partition coefficient (Wildman–Crippen LogP) is 4.23. The quantitative estimate of drug-likeness (QED) is 0.623. The zero-order chi connectivity index (χ0) is 21.7. The molecule has 7 nitrogen and oxygen atoms in total. The van der Waals surface area contributed by atoms with Gasteiger partial charge in [-0.3, -0.25) is 0 Å². The first kappa shape index (κ1) is 19.9. The van der Waals surface area contributed by atoms with Crippen molar-refractivity contribution in [3.8, 4) is 0 Å². The summed E-state index contributed by atoms with van der Waals surface area (Å²) < 4.78 is 43.9. The van der Waals surface area contributed by atoms with E-state index in [2.05, 4.69) is 20.7 Å². The molecule has 2 aromatic heterocycles. The smallest absolute Gasteiger partial charge is 0.319 e. The monoisotopic (exact) mass is 450 g/mol. The lowest BCUT2D eigenvalue weighted by molar-refractivity contribution is 0.251. The summed E-state index contributed by atoms with van der Waals surface area (Å²) in [6, 6.07) is 3.72. The number of carbonyl (C=O) groups is 1. The van der Waals surface area contributed by atoms with Gasteiger partial charge >= 0.3 is 6.03 Å². The maximum Gasteiger partial charge on any atom is 0.319 e. The molecule has 3 aromatic rings. The minimum Gasteiger partial charge on any atom is -0.346 e. The van der Waals surface area contributed by atoms with E-state index in [9.17, 15) is 18.0 Å². The second-order valence-corrected chi connectivity index (χ2v) is 8.12. The van der Waals surface area contributed by atoms with Gasteiger partial charge in [-0.15, -0.1) is 0 Å². The normalized spacial score (nSPS) is 21.0. The van der Waals surface area contributed by atoms with Crippen LogP contribution in [0, 0.1) is 11.6 Å². The number of benzene rings is 1. The highest BCUT2D eigenvalue weighted by atomic mass is 35.5. The number of hydrogen-bond donors (Lipinski definition) is 2. The SMILES string of the molecule is O=C(Nc1c(Cl)nn2ccc(N3C[C@@H](F)C[C@@H]3c3cc(F)ccc3F)nc12)NC1CC1. The van der Waals surface area contributed by atoms with E-state index in [1.54, 1.807) is 17.2 Å². The van der Waals surface area contributed by atoms with Crippen LogP contribution in [-0.4, -0.2) is 39.4 Å². The fraction of sp³-hybridized carbons (Fsp3) is 0.350. The average Bonchev–Trinajstić information content (AvgIpc) is 3.38. The van der Waals surface area contributed by atoms with Crippen LogP contribution >= 0.6 is 11.6 Å². The molecular formula is C20H18ClF3N6O. The van der Waals surface area contributed by atoms with Crippen LogP contribution in [0.2, 0.25) is 5.15 Å². The van der Waals surface area contributed by atoms with Gasteiger partial charge in [0.1, 0.15) is 29.3 Å². The Labute approximate surface area is 180 Å². The van der Waals surface area contributed by atoms with Crippen LogP contribution in [0.25, 0.3) is 5.65 Å². The molecule has 0 bridgehead atoms. The van der Waals surface area contributed by atoms with Crippen LogP contribution in [0.15, 0.2) is 30.5 Å². The molecule has 2 atom stereocenters. The Balaban J connectivity index is 1.50. The molecule has 2 fully saturated rings. The molecule has 2 amide bonds. The Hall–Kier alpha value is -3.01. The molecule has 11 heteroatoms. The fourth-order valence-electron chi connectivity index (χ4n) is 3.83. The van der Waals surface area contributed by atoms with Gasteiger partial charge in [-0.1, -0.05) is 11.6 Å². The molecule has 1 aromatic carbocycles. The minimum atomic E-state index is -1.24. The van der Waals surface area contributed by atoms with Crippen molar-refractivity contribution >= 4 is 34.8 Å². The summed E-state index contributed by atoms with van der Waals surface area (Å²) in [5, 5.41) is 9.62. The average molecular weight is 451 g/mol. The number of nitrogens with one attached hydrogen (secondary N) is 2. The highest BCUT2D eigenvalue weighted by Crippen LogP contribution is 2.38. The first-order valence-electron chi connectivity index (χ1n) is 9.87. The van der Waals surface area contributed by atoms with Crippen molar-refractivity contribution in [1.29, 1.82) is 0 Å².